The molecule has 7 heteroatoms. The van der Waals surface area contributed by atoms with Gasteiger partial charge in [0.1, 0.15) is 6.61 Å². The molecule has 192 valence electrons. The lowest BCUT2D eigenvalue weighted by Crippen LogP contribution is -2.41. The van der Waals surface area contributed by atoms with Crippen LogP contribution in [-0.4, -0.2) is 43.3 Å². The quantitative estimate of drug-likeness (QED) is 0.278. The van der Waals surface area contributed by atoms with Crippen LogP contribution in [0.5, 0.6) is 17.2 Å². The van der Waals surface area contributed by atoms with Crippen LogP contribution in [0.4, 0.5) is 0 Å². The van der Waals surface area contributed by atoms with E-state index in [4.69, 9.17) is 14.2 Å². The number of hydrogen-bond donors (Lipinski definition) is 1. The van der Waals surface area contributed by atoms with Crippen LogP contribution >= 0.6 is 11.3 Å². The molecule has 1 N–H and O–H groups in total. The standard InChI is InChI=1S/C30H31NO5S/c1-34-24-15-23(16-25(35-2)29(24)36-19-20-9-4-3-5-10-20)28(31-14-8-12-22(18-31)30(32)33)27-17-21-11-6-7-13-26(21)37-27/h3-7,9-11,13,15-17,22,28H,8,12,14,18-19H2,1-2H3,(H,32,33). The minimum atomic E-state index is -0.736. The van der Waals surface area contributed by atoms with Crippen LogP contribution in [0.3, 0.4) is 0 Å². The predicted octanol–water partition coefficient (Wildman–Crippen LogP) is 6.38. The molecule has 0 saturated carbocycles. The molecule has 1 aromatic heterocycles. The van der Waals surface area contributed by atoms with Crippen LogP contribution in [0.25, 0.3) is 10.1 Å². The summed E-state index contributed by atoms with van der Waals surface area (Å²) in [7, 11) is 3.26. The molecule has 6 nitrogen and oxygen atoms in total. The van der Waals surface area contributed by atoms with Crippen molar-refractivity contribution in [3.8, 4) is 17.2 Å². The normalized spacial score (nSPS) is 16.9. The van der Waals surface area contributed by atoms with Gasteiger partial charge in [-0.25, -0.2) is 0 Å². The smallest absolute Gasteiger partial charge is 0.307 e. The highest BCUT2D eigenvalue weighted by Crippen LogP contribution is 2.45. The van der Waals surface area contributed by atoms with Crippen LogP contribution < -0.4 is 14.2 Å². The number of rotatable bonds is 9. The average Bonchev–Trinajstić information content (AvgIpc) is 3.36. The second kappa shape index (κ2) is 11.2. The van der Waals surface area contributed by atoms with Crippen molar-refractivity contribution in [2.24, 2.45) is 5.92 Å². The summed E-state index contributed by atoms with van der Waals surface area (Å²) in [4.78, 5) is 15.3. The number of ether oxygens (including phenoxy) is 3. The highest BCUT2D eigenvalue weighted by Gasteiger charge is 2.33. The number of thiophene rings is 1. The number of carboxylic acids is 1. The molecule has 0 aliphatic carbocycles. The molecule has 0 radical (unpaired) electrons. The number of benzene rings is 3. The molecule has 1 aliphatic rings. The van der Waals surface area contributed by atoms with Gasteiger partial charge in [-0.2, -0.15) is 0 Å². The fourth-order valence-electron chi connectivity index (χ4n) is 5.06. The Morgan fingerprint density at radius 2 is 1.73 bits per heavy atom. The number of fused-ring (bicyclic) bond motifs is 1. The summed E-state index contributed by atoms with van der Waals surface area (Å²) < 4.78 is 19.0. The van der Waals surface area contributed by atoms with Gasteiger partial charge in [0.05, 0.1) is 26.2 Å². The average molecular weight is 518 g/mol. The summed E-state index contributed by atoms with van der Waals surface area (Å²) in [5.74, 6) is 0.601. The molecule has 4 aromatic rings. The first kappa shape index (κ1) is 25.1. The van der Waals surface area contributed by atoms with Crippen molar-refractivity contribution in [3.63, 3.8) is 0 Å². The Morgan fingerprint density at radius 1 is 1.03 bits per heavy atom. The van der Waals surface area contributed by atoms with Gasteiger partial charge in [0.25, 0.3) is 0 Å². The Hall–Kier alpha value is -3.55. The van der Waals surface area contributed by atoms with Gasteiger partial charge in [-0.15, -0.1) is 11.3 Å². The van der Waals surface area contributed by atoms with Crippen molar-refractivity contribution in [3.05, 3.63) is 88.8 Å². The predicted molar refractivity (Wildman–Crippen MR) is 146 cm³/mol. The molecule has 1 aliphatic heterocycles. The van der Waals surface area contributed by atoms with E-state index in [0.29, 0.717) is 36.8 Å². The lowest BCUT2D eigenvalue weighted by atomic mass is 9.93. The van der Waals surface area contributed by atoms with E-state index in [-0.39, 0.29) is 12.0 Å². The maximum atomic E-state index is 11.9. The number of carbonyl (C=O) groups is 1. The summed E-state index contributed by atoms with van der Waals surface area (Å²) in [6.07, 6.45) is 1.54. The summed E-state index contributed by atoms with van der Waals surface area (Å²) in [5, 5.41) is 10.9. The van der Waals surface area contributed by atoms with Crippen LogP contribution in [0, 0.1) is 5.92 Å². The van der Waals surface area contributed by atoms with E-state index in [1.165, 1.54) is 10.1 Å². The van der Waals surface area contributed by atoms with Gasteiger partial charge in [0.2, 0.25) is 5.75 Å². The zero-order chi connectivity index (χ0) is 25.8. The third-order valence-corrected chi connectivity index (χ3v) is 8.07. The van der Waals surface area contributed by atoms with E-state index in [2.05, 4.69) is 23.1 Å². The Labute approximate surface area is 221 Å². The summed E-state index contributed by atoms with van der Waals surface area (Å²) in [6, 6.07) is 24.4. The molecular formula is C30H31NO5S. The highest BCUT2D eigenvalue weighted by atomic mass is 32.1. The Kier molecular flexibility index (Phi) is 7.63. The number of aliphatic carboxylic acids is 1. The second-order valence-electron chi connectivity index (χ2n) is 9.29. The molecule has 2 heterocycles. The van der Waals surface area contributed by atoms with Crippen molar-refractivity contribution in [2.75, 3.05) is 27.3 Å². The minimum Gasteiger partial charge on any atom is -0.493 e. The van der Waals surface area contributed by atoms with Crippen molar-refractivity contribution >= 4 is 27.4 Å². The number of nitrogens with zero attached hydrogens (tertiary/aromatic N) is 1. The first-order valence-electron chi connectivity index (χ1n) is 12.5. The number of methoxy groups -OCH3 is 2. The molecule has 1 saturated heterocycles. The van der Waals surface area contributed by atoms with Gasteiger partial charge in [-0.1, -0.05) is 48.5 Å². The van der Waals surface area contributed by atoms with Gasteiger partial charge < -0.3 is 19.3 Å². The van der Waals surface area contributed by atoms with E-state index in [0.717, 1.165) is 29.0 Å². The molecule has 0 spiro atoms. The first-order valence-corrected chi connectivity index (χ1v) is 13.3. The number of hydrogen-bond acceptors (Lipinski definition) is 6. The van der Waals surface area contributed by atoms with Gasteiger partial charge >= 0.3 is 5.97 Å². The fourth-order valence-corrected chi connectivity index (χ4v) is 6.29. The maximum absolute atomic E-state index is 11.9. The van der Waals surface area contributed by atoms with E-state index in [1.807, 2.05) is 54.6 Å². The van der Waals surface area contributed by atoms with E-state index >= 15 is 0 Å². The minimum absolute atomic E-state index is 0.134. The maximum Gasteiger partial charge on any atom is 0.307 e. The third-order valence-electron chi connectivity index (χ3n) is 6.91. The molecule has 2 atom stereocenters. The zero-order valence-electron chi connectivity index (χ0n) is 21.1. The number of likely N-dealkylation sites (tertiary alicyclic amines) is 1. The Morgan fingerprint density at radius 3 is 2.41 bits per heavy atom. The van der Waals surface area contributed by atoms with Crippen LogP contribution in [0.1, 0.15) is 34.9 Å². The number of carboxylic acid groups (broad SMARTS) is 1. The van der Waals surface area contributed by atoms with Crippen molar-refractivity contribution in [2.45, 2.75) is 25.5 Å². The molecule has 0 amide bonds. The first-order chi connectivity index (χ1) is 18.1. The molecule has 5 rings (SSSR count). The largest absolute Gasteiger partial charge is 0.493 e. The summed E-state index contributed by atoms with van der Waals surface area (Å²) in [5.41, 5.74) is 2.03. The molecule has 2 unspecified atom stereocenters. The SMILES string of the molecule is COc1cc(C(c2cc3ccccc3s2)N2CCCC(C(=O)O)C2)cc(OC)c1OCc1ccccc1. The molecule has 0 bridgehead atoms. The highest BCUT2D eigenvalue weighted by molar-refractivity contribution is 7.19. The van der Waals surface area contributed by atoms with Gasteiger partial charge in [0.15, 0.2) is 11.5 Å². The van der Waals surface area contributed by atoms with Crippen LogP contribution in [-0.2, 0) is 11.4 Å². The second-order valence-corrected chi connectivity index (χ2v) is 10.4. The van der Waals surface area contributed by atoms with E-state index in [1.54, 1.807) is 25.6 Å². The number of piperidine rings is 1. The molecule has 3 aromatic carbocycles. The zero-order valence-corrected chi connectivity index (χ0v) is 21.9. The lowest BCUT2D eigenvalue weighted by Gasteiger charge is -2.37. The van der Waals surface area contributed by atoms with Gasteiger partial charge in [-0.3, -0.25) is 9.69 Å². The summed E-state index contributed by atoms with van der Waals surface area (Å²) in [6.45, 7) is 1.70. The fraction of sp³-hybridized carbons (Fsp3) is 0.300. The van der Waals surface area contributed by atoms with Crippen LogP contribution in [0.15, 0.2) is 72.8 Å². The molecule has 37 heavy (non-hydrogen) atoms. The Balaban J connectivity index is 1.56. The van der Waals surface area contributed by atoms with Crippen molar-refractivity contribution in [1.82, 2.24) is 4.90 Å². The van der Waals surface area contributed by atoms with Crippen LogP contribution in [0.2, 0.25) is 0 Å². The van der Waals surface area contributed by atoms with Gasteiger partial charge in [-0.05, 0) is 60.2 Å². The monoisotopic (exact) mass is 517 g/mol. The lowest BCUT2D eigenvalue weighted by molar-refractivity contribution is -0.143. The van der Waals surface area contributed by atoms with Crippen molar-refractivity contribution in [1.29, 1.82) is 0 Å². The topological polar surface area (TPSA) is 68.2 Å². The van der Waals surface area contributed by atoms with E-state index < -0.39 is 5.97 Å². The van der Waals surface area contributed by atoms with Crippen molar-refractivity contribution < 1.29 is 24.1 Å². The molecule has 1 fully saturated rings. The Bertz CT molecular complexity index is 1310. The van der Waals surface area contributed by atoms with E-state index in [9.17, 15) is 9.90 Å². The molecular weight excluding hydrogens is 486 g/mol. The summed E-state index contributed by atoms with van der Waals surface area (Å²) >= 11 is 1.74. The third kappa shape index (κ3) is 5.43. The van der Waals surface area contributed by atoms with Gasteiger partial charge in [0, 0.05) is 16.1 Å².